The first kappa shape index (κ1) is 24.6. The lowest BCUT2D eigenvalue weighted by Crippen LogP contribution is -2.09. The highest BCUT2D eigenvalue weighted by Gasteiger charge is 2.16. The van der Waals surface area contributed by atoms with Crippen LogP contribution in [0.1, 0.15) is 34.1 Å². The van der Waals surface area contributed by atoms with E-state index < -0.39 is 16.8 Å². The average Bonchev–Trinajstić information content (AvgIpc) is 3.30. The van der Waals surface area contributed by atoms with Crippen LogP contribution in [0.3, 0.4) is 0 Å². The van der Waals surface area contributed by atoms with Gasteiger partial charge in [-0.1, -0.05) is 30.3 Å². The number of esters is 1. The molecule has 4 rings (SSSR count). The van der Waals surface area contributed by atoms with E-state index in [2.05, 4.69) is 15.0 Å². The van der Waals surface area contributed by atoms with Gasteiger partial charge in [0.1, 0.15) is 12.4 Å². The van der Waals surface area contributed by atoms with E-state index in [-0.39, 0.29) is 5.75 Å². The number of aromatic amines is 1. The minimum absolute atomic E-state index is 0.179. The Morgan fingerprint density at radius 3 is 2.71 bits per heavy atom. The molecule has 4 aromatic rings. The van der Waals surface area contributed by atoms with E-state index >= 15 is 0 Å². The van der Waals surface area contributed by atoms with Crippen LogP contribution < -0.4 is 4.74 Å². The third-order valence-corrected chi connectivity index (χ3v) is 6.47. The monoisotopic (exact) mass is 493 g/mol. The molecule has 0 saturated carbocycles. The molecule has 0 aliphatic heterocycles. The van der Waals surface area contributed by atoms with E-state index in [1.165, 1.54) is 0 Å². The van der Waals surface area contributed by atoms with Crippen LogP contribution in [-0.4, -0.2) is 45.0 Å². The molecule has 0 amide bonds. The predicted molar refractivity (Wildman–Crippen MR) is 133 cm³/mol. The molecular weight excluding hydrogens is 466 g/mol. The maximum Gasteiger partial charge on any atom is 0.338 e. The van der Waals surface area contributed by atoms with E-state index in [4.69, 9.17) is 14.2 Å². The number of rotatable bonds is 11. The Bertz CT molecular complexity index is 1320. The van der Waals surface area contributed by atoms with Gasteiger partial charge in [0.15, 0.2) is 5.16 Å². The van der Waals surface area contributed by atoms with Crippen LogP contribution in [0.5, 0.6) is 5.75 Å². The SMILES string of the molecule is CCOC(=O)c1ccc2nc(S(=O)Cc3nccc(OCCOCc4ccccc4)c3C)[nH]c2c1. The number of aromatic nitrogens is 3. The van der Waals surface area contributed by atoms with E-state index in [1.54, 1.807) is 37.4 Å². The van der Waals surface area contributed by atoms with Gasteiger partial charge in [0.2, 0.25) is 0 Å². The molecule has 1 atom stereocenters. The lowest BCUT2D eigenvalue weighted by molar-refractivity contribution is 0.0526. The first-order chi connectivity index (χ1) is 17.0. The van der Waals surface area contributed by atoms with Crippen molar-refractivity contribution in [2.75, 3.05) is 19.8 Å². The summed E-state index contributed by atoms with van der Waals surface area (Å²) < 4.78 is 29.6. The van der Waals surface area contributed by atoms with Crippen molar-refractivity contribution in [1.29, 1.82) is 0 Å². The van der Waals surface area contributed by atoms with Crippen molar-refractivity contribution in [1.82, 2.24) is 15.0 Å². The van der Waals surface area contributed by atoms with Gasteiger partial charge in [0.25, 0.3) is 0 Å². The number of benzene rings is 2. The molecule has 1 unspecified atom stereocenters. The van der Waals surface area contributed by atoms with Gasteiger partial charge in [0.05, 0.1) is 58.7 Å². The number of carbonyl (C=O) groups excluding carboxylic acids is 1. The number of H-pyrrole nitrogens is 1. The summed E-state index contributed by atoms with van der Waals surface area (Å²) in [6.07, 6.45) is 1.64. The van der Waals surface area contributed by atoms with Crippen LogP contribution in [0, 0.1) is 6.92 Å². The van der Waals surface area contributed by atoms with Crippen LogP contribution in [-0.2, 0) is 32.6 Å². The zero-order valence-corrected chi connectivity index (χ0v) is 20.5. The average molecular weight is 494 g/mol. The van der Waals surface area contributed by atoms with Gasteiger partial charge in [-0.3, -0.25) is 9.19 Å². The quantitative estimate of drug-likeness (QED) is 0.245. The first-order valence-corrected chi connectivity index (χ1v) is 12.6. The Morgan fingerprint density at radius 1 is 1.09 bits per heavy atom. The molecule has 2 aromatic heterocycles. The maximum atomic E-state index is 13.0. The second-order valence-corrected chi connectivity index (χ2v) is 9.12. The number of carbonyl (C=O) groups is 1. The van der Waals surface area contributed by atoms with Gasteiger partial charge in [-0.15, -0.1) is 0 Å². The summed E-state index contributed by atoms with van der Waals surface area (Å²) in [7, 11) is -1.46. The molecule has 9 heteroatoms. The minimum atomic E-state index is -1.46. The summed E-state index contributed by atoms with van der Waals surface area (Å²) in [6, 6.07) is 16.7. The lowest BCUT2D eigenvalue weighted by Gasteiger charge is -2.12. The molecule has 0 spiro atoms. The molecular formula is C26H27N3O5S. The van der Waals surface area contributed by atoms with Crippen LogP contribution in [0.15, 0.2) is 66.0 Å². The van der Waals surface area contributed by atoms with Crippen molar-refractivity contribution in [3.05, 3.63) is 83.2 Å². The normalized spacial score (nSPS) is 11.9. The van der Waals surface area contributed by atoms with Gasteiger partial charge < -0.3 is 19.2 Å². The number of ether oxygens (including phenoxy) is 3. The van der Waals surface area contributed by atoms with Gasteiger partial charge in [-0.05, 0) is 43.7 Å². The smallest absolute Gasteiger partial charge is 0.338 e. The molecule has 0 saturated heterocycles. The molecule has 0 fully saturated rings. The number of hydrogen-bond donors (Lipinski definition) is 1. The van der Waals surface area contributed by atoms with E-state index in [0.717, 1.165) is 11.1 Å². The molecule has 0 aliphatic rings. The summed E-state index contributed by atoms with van der Waals surface area (Å²) in [5.74, 6) is 0.450. The third kappa shape index (κ3) is 6.32. The summed E-state index contributed by atoms with van der Waals surface area (Å²) in [5.41, 5.74) is 4.26. The van der Waals surface area contributed by atoms with Crippen molar-refractivity contribution in [3.63, 3.8) is 0 Å². The number of pyridine rings is 1. The fraction of sp³-hybridized carbons (Fsp3) is 0.269. The fourth-order valence-corrected chi connectivity index (χ4v) is 4.56. The Balaban J connectivity index is 1.36. The minimum Gasteiger partial charge on any atom is -0.491 e. The number of fused-ring (bicyclic) bond motifs is 1. The van der Waals surface area contributed by atoms with Crippen LogP contribution >= 0.6 is 0 Å². The van der Waals surface area contributed by atoms with Crippen molar-refractivity contribution >= 4 is 27.8 Å². The largest absolute Gasteiger partial charge is 0.491 e. The van der Waals surface area contributed by atoms with E-state index in [1.807, 2.05) is 37.3 Å². The Kier molecular flexibility index (Phi) is 8.23. The van der Waals surface area contributed by atoms with Gasteiger partial charge >= 0.3 is 5.97 Å². The second kappa shape index (κ2) is 11.7. The highest BCUT2D eigenvalue weighted by molar-refractivity contribution is 7.84. The van der Waals surface area contributed by atoms with Gasteiger partial charge in [-0.25, -0.2) is 9.78 Å². The molecule has 1 N–H and O–H groups in total. The molecule has 182 valence electrons. The Hall–Kier alpha value is -3.56. The van der Waals surface area contributed by atoms with Crippen molar-refractivity contribution < 1.29 is 23.2 Å². The third-order valence-electron chi connectivity index (χ3n) is 5.31. The van der Waals surface area contributed by atoms with Crippen molar-refractivity contribution in [2.24, 2.45) is 0 Å². The molecule has 0 bridgehead atoms. The predicted octanol–water partition coefficient (Wildman–Crippen LogP) is 4.35. The molecule has 2 heterocycles. The number of nitrogens with zero attached hydrogens (tertiary/aromatic N) is 2. The van der Waals surface area contributed by atoms with Crippen molar-refractivity contribution in [3.8, 4) is 5.75 Å². The molecule has 8 nitrogen and oxygen atoms in total. The van der Waals surface area contributed by atoms with Crippen LogP contribution in [0.25, 0.3) is 11.0 Å². The maximum absolute atomic E-state index is 13.0. The number of hydrogen-bond acceptors (Lipinski definition) is 7. The Labute approximate surface area is 206 Å². The lowest BCUT2D eigenvalue weighted by atomic mass is 10.2. The standard InChI is InChI=1S/C26H27N3O5S/c1-3-33-25(30)20-9-10-21-22(15-20)29-26(28-21)35(31)17-23-18(2)24(11-12-27-23)34-14-13-32-16-19-7-5-4-6-8-19/h4-12,15H,3,13-14,16-17H2,1-2H3,(H,28,29). The molecule has 0 aliphatic carbocycles. The molecule has 35 heavy (non-hydrogen) atoms. The summed E-state index contributed by atoms with van der Waals surface area (Å²) in [6.45, 7) is 5.32. The van der Waals surface area contributed by atoms with E-state index in [9.17, 15) is 9.00 Å². The van der Waals surface area contributed by atoms with Gasteiger partial charge in [0, 0.05) is 11.8 Å². The van der Waals surface area contributed by atoms with E-state index in [0.29, 0.717) is 59.6 Å². The second-order valence-electron chi connectivity index (χ2n) is 7.75. The Morgan fingerprint density at radius 2 is 1.91 bits per heavy atom. The number of nitrogens with one attached hydrogen (secondary N) is 1. The zero-order chi connectivity index (χ0) is 24.6. The molecule has 2 aromatic carbocycles. The molecule has 0 radical (unpaired) electrons. The van der Waals surface area contributed by atoms with Crippen LogP contribution in [0.4, 0.5) is 0 Å². The summed E-state index contributed by atoms with van der Waals surface area (Å²) >= 11 is 0. The zero-order valence-electron chi connectivity index (χ0n) is 19.7. The number of imidazole rings is 1. The summed E-state index contributed by atoms with van der Waals surface area (Å²) in [5, 5.41) is 0.322. The highest BCUT2D eigenvalue weighted by Crippen LogP contribution is 2.23. The summed E-state index contributed by atoms with van der Waals surface area (Å²) in [4.78, 5) is 23.8. The van der Waals surface area contributed by atoms with Crippen LogP contribution in [0.2, 0.25) is 0 Å². The topological polar surface area (TPSA) is 103 Å². The first-order valence-electron chi connectivity index (χ1n) is 11.3. The van der Waals surface area contributed by atoms with Crippen molar-refractivity contribution in [2.45, 2.75) is 31.4 Å². The highest BCUT2D eigenvalue weighted by atomic mass is 32.2. The fourth-order valence-electron chi connectivity index (χ4n) is 3.46. The van der Waals surface area contributed by atoms with Gasteiger partial charge in [-0.2, -0.15) is 0 Å².